The lowest BCUT2D eigenvalue weighted by Gasteiger charge is -1.88. The van der Waals surface area contributed by atoms with E-state index in [-0.39, 0.29) is 5.69 Å². The SMILES string of the molecule is C[n+]1ccnc(C(=O)O)c1. The van der Waals surface area contributed by atoms with Crippen LogP contribution in [0.25, 0.3) is 0 Å². The van der Waals surface area contributed by atoms with Gasteiger partial charge in [0.05, 0.1) is 6.20 Å². The van der Waals surface area contributed by atoms with Crippen molar-refractivity contribution in [1.29, 1.82) is 0 Å². The molecule has 0 aliphatic rings. The van der Waals surface area contributed by atoms with Gasteiger partial charge in [0.1, 0.15) is 7.05 Å². The van der Waals surface area contributed by atoms with Gasteiger partial charge in [0.2, 0.25) is 11.9 Å². The number of aromatic carboxylic acids is 1. The first-order valence-corrected chi connectivity index (χ1v) is 2.75. The summed E-state index contributed by atoms with van der Waals surface area (Å²) < 4.78 is 1.64. The minimum Gasteiger partial charge on any atom is -0.476 e. The van der Waals surface area contributed by atoms with E-state index < -0.39 is 5.97 Å². The van der Waals surface area contributed by atoms with Gasteiger partial charge in [0.25, 0.3) is 0 Å². The van der Waals surface area contributed by atoms with E-state index in [0.717, 1.165) is 0 Å². The molecule has 0 fully saturated rings. The third-order valence-corrected chi connectivity index (χ3v) is 1.06. The number of nitrogens with zero attached hydrogens (tertiary/aromatic N) is 2. The largest absolute Gasteiger partial charge is 0.476 e. The molecule has 0 radical (unpaired) electrons. The van der Waals surface area contributed by atoms with E-state index in [2.05, 4.69) is 4.98 Å². The first-order chi connectivity index (χ1) is 4.70. The average molecular weight is 139 g/mol. The maximum absolute atomic E-state index is 10.3. The van der Waals surface area contributed by atoms with Crippen molar-refractivity contribution in [3.05, 3.63) is 24.3 Å². The van der Waals surface area contributed by atoms with Crippen LogP contribution in [0.2, 0.25) is 0 Å². The molecule has 1 aromatic rings. The highest BCUT2D eigenvalue weighted by atomic mass is 16.4. The molecule has 1 aromatic heterocycles. The number of carboxylic acids is 1. The fourth-order valence-electron chi connectivity index (χ4n) is 0.598. The molecular formula is C6H7N2O2+. The second kappa shape index (κ2) is 2.43. The topological polar surface area (TPSA) is 54.1 Å². The van der Waals surface area contributed by atoms with Crippen LogP contribution in [0.15, 0.2) is 18.6 Å². The van der Waals surface area contributed by atoms with E-state index in [4.69, 9.17) is 5.11 Å². The smallest absolute Gasteiger partial charge is 0.360 e. The zero-order valence-electron chi connectivity index (χ0n) is 5.48. The Morgan fingerprint density at radius 2 is 2.50 bits per heavy atom. The molecule has 0 spiro atoms. The second-order valence-electron chi connectivity index (χ2n) is 1.91. The summed E-state index contributed by atoms with van der Waals surface area (Å²) in [5.41, 5.74) is 0.0602. The maximum Gasteiger partial charge on any atom is 0.360 e. The van der Waals surface area contributed by atoms with Crippen LogP contribution < -0.4 is 4.57 Å². The van der Waals surface area contributed by atoms with Crippen LogP contribution in [0, 0.1) is 0 Å². The Bertz CT molecular complexity index is 260. The quantitative estimate of drug-likeness (QED) is 0.539. The van der Waals surface area contributed by atoms with Crippen LogP contribution in [0.5, 0.6) is 0 Å². The summed E-state index contributed by atoms with van der Waals surface area (Å²) in [6.07, 6.45) is 4.57. The van der Waals surface area contributed by atoms with E-state index >= 15 is 0 Å². The lowest BCUT2D eigenvalue weighted by atomic mass is 10.4. The summed E-state index contributed by atoms with van der Waals surface area (Å²) >= 11 is 0. The first-order valence-electron chi connectivity index (χ1n) is 2.75. The summed E-state index contributed by atoms with van der Waals surface area (Å²) in [7, 11) is 1.74. The average Bonchev–Trinajstić information content (AvgIpc) is 1.88. The monoisotopic (exact) mass is 139 g/mol. The Morgan fingerprint density at radius 1 is 1.80 bits per heavy atom. The first kappa shape index (κ1) is 6.67. The molecule has 0 aliphatic heterocycles. The Hall–Kier alpha value is -1.45. The van der Waals surface area contributed by atoms with E-state index in [1.54, 1.807) is 17.8 Å². The molecule has 0 unspecified atom stereocenters. The molecule has 0 atom stereocenters. The van der Waals surface area contributed by atoms with Crippen molar-refractivity contribution in [2.24, 2.45) is 7.05 Å². The molecule has 0 saturated heterocycles. The van der Waals surface area contributed by atoms with Crippen molar-refractivity contribution in [2.45, 2.75) is 0 Å². The molecule has 0 bridgehead atoms. The van der Waals surface area contributed by atoms with Crippen molar-refractivity contribution in [3.8, 4) is 0 Å². The lowest BCUT2D eigenvalue weighted by Crippen LogP contribution is -2.28. The van der Waals surface area contributed by atoms with Crippen molar-refractivity contribution in [2.75, 3.05) is 0 Å². The van der Waals surface area contributed by atoms with Crippen LogP contribution >= 0.6 is 0 Å². The molecular weight excluding hydrogens is 132 g/mol. The summed E-state index contributed by atoms with van der Waals surface area (Å²) in [5, 5.41) is 8.43. The van der Waals surface area contributed by atoms with E-state index in [1.807, 2.05) is 0 Å². The number of rotatable bonds is 1. The molecule has 52 valence electrons. The minimum atomic E-state index is -1.00. The molecule has 1 N–H and O–H groups in total. The van der Waals surface area contributed by atoms with Crippen LogP contribution in [-0.2, 0) is 7.05 Å². The van der Waals surface area contributed by atoms with E-state index in [1.165, 1.54) is 12.4 Å². The van der Waals surface area contributed by atoms with Gasteiger partial charge in [-0.3, -0.25) is 0 Å². The van der Waals surface area contributed by atoms with Crippen LogP contribution in [0.3, 0.4) is 0 Å². The summed E-state index contributed by atoms with van der Waals surface area (Å²) in [6, 6.07) is 0. The number of hydrogen-bond acceptors (Lipinski definition) is 2. The molecule has 4 heteroatoms. The van der Waals surface area contributed by atoms with E-state index in [9.17, 15) is 4.79 Å². The van der Waals surface area contributed by atoms with E-state index in [0.29, 0.717) is 0 Å². The lowest BCUT2D eigenvalue weighted by molar-refractivity contribution is -0.672. The highest BCUT2D eigenvalue weighted by Gasteiger charge is 2.06. The molecule has 0 saturated carbocycles. The highest BCUT2D eigenvalue weighted by Crippen LogP contribution is 1.85. The molecule has 0 aromatic carbocycles. The number of hydrogen-bond donors (Lipinski definition) is 1. The normalized spacial score (nSPS) is 9.30. The van der Waals surface area contributed by atoms with Gasteiger partial charge in [-0.05, 0) is 0 Å². The van der Waals surface area contributed by atoms with Gasteiger partial charge in [0.15, 0.2) is 6.20 Å². The Labute approximate surface area is 57.8 Å². The summed E-state index contributed by atoms with van der Waals surface area (Å²) in [4.78, 5) is 13.9. The molecule has 4 nitrogen and oxygen atoms in total. The van der Waals surface area contributed by atoms with Gasteiger partial charge >= 0.3 is 5.97 Å². The van der Waals surface area contributed by atoms with Crippen molar-refractivity contribution in [1.82, 2.24) is 4.98 Å². The van der Waals surface area contributed by atoms with Gasteiger partial charge in [-0.15, -0.1) is 0 Å². The fourth-order valence-corrected chi connectivity index (χ4v) is 0.598. The van der Waals surface area contributed by atoms with Gasteiger partial charge < -0.3 is 5.11 Å². The number of aryl methyl sites for hydroxylation is 1. The van der Waals surface area contributed by atoms with Gasteiger partial charge in [-0.1, -0.05) is 0 Å². The summed E-state index contributed by atoms with van der Waals surface area (Å²) in [5.74, 6) is -1.00. The maximum atomic E-state index is 10.3. The molecule has 1 rings (SSSR count). The second-order valence-corrected chi connectivity index (χ2v) is 1.91. The highest BCUT2D eigenvalue weighted by molar-refractivity contribution is 5.84. The van der Waals surface area contributed by atoms with Gasteiger partial charge in [-0.2, -0.15) is 0 Å². The number of carboxylic acid groups (broad SMARTS) is 1. The summed E-state index contributed by atoms with van der Waals surface area (Å²) in [6.45, 7) is 0. The number of carbonyl (C=O) groups is 1. The predicted octanol–water partition coefficient (Wildman–Crippen LogP) is -0.396. The third-order valence-electron chi connectivity index (χ3n) is 1.06. The Balaban J connectivity index is 3.07. The zero-order valence-corrected chi connectivity index (χ0v) is 5.48. The Morgan fingerprint density at radius 3 is 2.90 bits per heavy atom. The van der Waals surface area contributed by atoms with Crippen molar-refractivity contribution in [3.63, 3.8) is 0 Å². The van der Waals surface area contributed by atoms with Crippen LogP contribution in [0.1, 0.15) is 10.5 Å². The van der Waals surface area contributed by atoms with Crippen molar-refractivity contribution < 1.29 is 14.5 Å². The molecule has 0 amide bonds. The van der Waals surface area contributed by atoms with Crippen LogP contribution in [-0.4, -0.2) is 16.1 Å². The third kappa shape index (κ3) is 1.28. The molecule has 0 aliphatic carbocycles. The van der Waals surface area contributed by atoms with Crippen LogP contribution in [0.4, 0.5) is 0 Å². The number of aromatic nitrogens is 2. The standard InChI is InChI=1S/C6H6N2O2/c1-8-3-2-7-5(4-8)6(9)10/h2-4H,1H3/p+1. The predicted molar refractivity (Wildman–Crippen MR) is 32.4 cm³/mol. The molecule has 10 heavy (non-hydrogen) atoms. The zero-order chi connectivity index (χ0) is 7.56. The molecule has 1 heterocycles. The minimum absolute atomic E-state index is 0.0602. The van der Waals surface area contributed by atoms with Gasteiger partial charge in [0, 0.05) is 0 Å². The Kier molecular flexibility index (Phi) is 1.62. The fraction of sp³-hybridized carbons (Fsp3) is 0.167. The van der Waals surface area contributed by atoms with Crippen molar-refractivity contribution >= 4 is 5.97 Å². The van der Waals surface area contributed by atoms with Gasteiger partial charge in [-0.25, -0.2) is 14.3 Å².